The summed E-state index contributed by atoms with van der Waals surface area (Å²) >= 11 is 0. The van der Waals surface area contributed by atoms with E-state index in [2.05, 4.69) is 24.2 Å². The Balaban J connectivity index is 2.19. The summed E-state index contributed by atoms with van der Waals surface area (Å²) in [5.74, 6) is 5.74. The molecule has 0 aromatic carbocycles. The van der Waals surface area contributed by atoms with E-state index in [-0.39, 0.29) is 6.10 Å². The molecule has 1 fully saturated rings. The molecule has 0 aliphatic carbocycles. The van der Waals surface area contributed by atoms with E-state index in [9.17, 15) is 0 Å². The molecule has 2 atom stereocenters. The van der Waals surface area contributed by atoms with Crippen LogP contribution in [0.1, 0.15) is 65.2 Å². The van der Waals surface area contributed by atoms with Crippen LogP contribution in [0.25, 0.3) is 0 Å². The molecule has 0 saturated carbocycles. The second-order valence-corrected chi connectivity index (χ2v) is 6.04. The third-order valence-electron chi connectivity index (χ3n) is 4.25. The molecular formula is C16H35N3O. The van der Waals surface area contributed by atoms with Gasteiger partial charge in [-0.3, -0.25) is 16.2 Å². The van der Waals surface area contributed by atoms with Crippen LogP contribution >= 0.6 is 0 Å². The van der Waals surface area contributed by atoms with Gasteiger partial charge in [0, 0.05) is 19.1 Å². The third kappa shape index (κ3) is 7.02. The number of hydrogen-bond acceptors (Lipinski definition) is 4. The fourth-order valence-corrected chi connectivity index (χ4v) is 3.02. The van der Waals surface area contributed by atoms with Crippen molar-refractivity contribution in [1.82, 2.24) is 10.3 Å². The Kier molecular flexibility index (Phi) is 10.3. The van der Waals surface area contributed by atoms with E-state index in [0.717, 1.165) is 26.1 Å². The zero-order valence-corrected chi connectivity index (χ0v) is 13.6. The first-order valence-corrected chi connectivity index (χ1v) is 8.61. The summed E-state index contributed by atoms with van der Waals surface area (Å²) in [6.07, 6.45) is 10.6. The lowest BCUT2D eigenvalue weighted by atomic mass is 10.0. The number of rotatable bonds is 11. The second kappa shape index (κ2) is 11.5. The molecule has 120 valence electrons. The van der Waals surface area contributed by atoms with Crippen LogP contribution in [0.5, 0.6) is 0 Å². The van der Waals surface area contributed by atoms with Gasteiger partial charge in [-0.25, -0.2) is 0 Å². The van der Waals surface area contributed by atoms with E-state index in [1.54, 1.807) is 0 Å². The van der Waals surface area contributed by atoms with Crippen LogP contribution in [0.4, 0.5) is 0 Å². The fourth-order valence-electron chi connectivity index (χ4n) is 3.02. The maximum Gasteiger partial charge on any atom is 0.0868 e. The number of morpholine rings is 1. The molecule has 0 amide bonds. The highest BCUT2D eigenvalue weighted by molar-refractivity contribution is 4.81. The molecule has 4 heteroatoms. The molecule has 1 aliphatic rings. The van der Waals surface area contributed by atoms with Crippen molar-refractivity contribution in [2.24, 2.45) is 5.84 Å². The first-order chi connectivity index (χ1) is 9.81. The largest absolute Gasteiger partial charge is 0.374 e. The Hall–Kier alpha value is -0.160. The minimum Gasteiger partial charge on any atom is -0.374 e. The third-order valence-corrected chi connectivity index (χ3v) is 4.25. The highest BCUT2D eigenvalue weighted by Gasteiger charge is 2.26. The van der Waals surface area contributed by atoms with Crippen molar-refractivity contribution in [2.45, 2.75) is 77.4 Å². The quantitative estimate of drug-likeness (QED) is 0.348. The van der Waals surface area contributed by atoms with Crippen LogP contribution in [0.15, 0.2) is 0 Å². The average molecular weight is 285 g/mol. The molecule has 20 heavy (non-hydrogen) atoms. The van der Waals surface area contributed by atoms with Gasteiger partial charge in [0.1, 0.15) is 0 Å². The van der Waals surface area contributed by atoms with Crippen molar-refractivity contribution < 1.29 is 4.74 Å². The maximum absolute atomic E-state index is 5.92. The monoisotopic (exact) mass is 285 g/mol. The van der Waals surface area contributed by atoms with Crippen LogP contribution in [0.2, 0.25) is 0 Å². The predicted octanol–water partition coefficient (Wildman–Crippen LogP) is 2.68. The number of unbranched alkanes of at least 4 members (excludes halogenated alkanes) is 5. The summed E-state index contributed by atoms with van der Waals surface area (Å²) in [7, 11) is 0. The summed E-state index contributed by atoms with van der Waals surface area (Å²) < 4.78 is 5.92. The minimum atomic E-state index is 0.260. The molecule has 1 rings (SSSR count). The number of nitrogens with two attached hydrogens (primary N) is 1. The maximum atomic E-state index is 5.92. The number of hydrogen-bond donors (Lipinski definition) is 2. The summed E-state index contributed by atoms with van der Waals surface area (Å²) in [6, 6.07) is 0.306. The fraction of sp³-hybridized carbons (Fsp3) is 1.00. The number of nitrogens with one attached hydrogen (secondary N) is 1. The highest BCUT2D eigenvalue weighted by atomic mass is 16.5. The summed E-state index contributed by atoms with van der Waals surface area (Å²) in [6.45, 7) is 8.61. The smallest absolute Gasteiger partial charge is 0.0868 e. The van der Waals surface area contributed by atoms with Crippen molar-refractivity contribution >= 4 is 0 Å². The minimum absolute atomic E-state index is 0.260. The van der Waals surface area contributed by atoms with E-state index in [0.29, 0.717) is 6.04 Å². The lowest BCUT2D eigenvalue weighted by molar-refractivity contribution is -0.0479. The van der Waals surface area contributed by atoms with E-state index >= 15 is 0 Å². The number of nitrogens with zero attached hydrogens (tertiary/aromatic N) is 1. The topological polar surface area (TPSA) is 50.5 Å². The molecule has 0 radical (unpaired) electrons. The van der Waals surface area contributed by atoms with E-state index < -0.39 is 0 Å². The summed E-state index contributed by atoms with van der Waals surface area (Å²) in [4.78, 5) is 2.50. The van der Waals surface area contributed by atoms with Gasteiger partial charge < -0.3 is 4.74 Å². The molecule has 1 saturated heterocycles. The van der Waals surface area contributed by atoms with Crippen LogP contribution in [0, 0.1) is 0 Å². The second-order valence-electron chi connectivity index (χ2n) is 6.04. The molecule has 0 aromatic heterocycles. The molecule has 2 unspecified atom stereocenters. The average Bonchev–Trinajstić information content (AvgIpc) is 2.47. The van der Waals surface area contributed by atoms with Crippen LogP contribution in [-0.4, -0.2) is 43.3 Å². The zero-order chi connectivity index (χ0) is 14.6. The standard InChI is InChI=1S/C16H35N3O/c1-3-5-6-7-8-9-10-15(18-17)16-14-19(11-4-2)12-13-20-16/h15-16,18H,3-14,17H2,1-2H3. The number of hydrazine groups is 1. The summed E-state index contributed by atoms with van der Waals surface area (Å²) in [5.41, 5.74) is 2.98. The van der Waals surface area contributed by atoms with Crippen LogP contribution in [-0.2, 0) is 4.74 Å². The first-order valence-electron chi connectivity index (χ1n) is 8.61. The Morgan fingerprint density at radius 1 is 1.15 bits per heavy atom. The Morgan fingerprint density at radius 2 is 1.90 bits per heavy atom. The van der Waals surface area contributed by atoms with Crippen molar-refractivity contribution in [3.05, 3.63) is 0 Å². The van der Waals surface area contributed by atoms with Crippen LogP contribution in [0.3, 0.4) is 0 Å². The van der Waals surface area contributed by atoms with Crippen molar-refractivity contribution in [3.63, 3.8) is 0 Å². The van der Waals surface area contributed by atoms with Crippen molar-refractivity contribution in [2.75, 3.05) is 26.2 Å². The predicted molar refractivity (Wildman–Crippen MR) is 85.6 cm³/mol. The highest BCUT2D eigenvalue weighted by Crippen LogP contribution is 2.15. The first kappa shape index (κ1) is 17.9. The van der Waals surface area contributed by atoms with Crippen LogP contribution < -0.4 is 11.3 Å². The lowest BCUT2D eigenvalue weighted by Crippen LogP contribution is -2.54. The molecule has 4 nitrogen and oxygen atoms in total. The molecule has 3 N–H and O–H groups in total. The number of ether oxygens (including phenoxy) is 1. The molecule has 1 aliphatic heterocycles. The summed E-state index contributed by atoms with van der Waals surface area (Å²) in [5, 5.41) is 0. The van der Waals surface area contributed by atoms with Gasteiger partial charge >= 0.3 is 0 Å². The lowest BCUT2D eigenvalue weighted by Gasteiger charge is -2.36. The van der Waals surface area contributed by atoms with Gasteiger partial charge in [0.05, 0.1) is 12.7 Å². The van der Waals surface area contributed by atoms with Gasteiger partial charge in [-0.15, -0.1) is 0 Å². The normalized spacial score (nSPS) is 22.1. The SMILES string of the molecule is CCCCCCCCC(NN)C1CN(CCC)CCO1. The van der Waals surface area contributed by atoms with Gasteiger partial charge in [0.2, 0.25) is 0 Å². The Bertz CT molecular complexity index is 224. The molecule has 0 bridgehead atoms. The molecule has 0 spiro atoms. The van der Waals surface area contributed by atoms with E-state index in [1.807, 2.05) is 0 Å². The Labute approximate surface area is 125 Å². The van der Waals surface area contributed by atoms with Gasteiger partial charge in [-0.2, -0.15) is 0 Å². The van der Waals surface area contributed by atoms with Crippen molar-refractivity contribution in [3.8, 4) is 0 Å². The molecular weight excluding hydrogens is 250 g/mol. The van der Waals surface area contributed by atoms with Gasteiger partial charge in [0.25, 0.3) is 0 Å². The Morgan fingerprint density at radius 3 is 2.60 bits per heavy atom. The molecule has 1 heterocycles. The van der Waals surface area contributed by atoms with E-state index in [4.69, 9.17) is 10.6 Å². The van der Waals surface area contributed by atoms with E-state index in [1.165, 1.54) is 51.5 Å². The zero-order valence-electron chi connectivity index (χ0n) is 13.6. The molecule has 0 aromatic rings. The van der Waals surface area contributed by atoms with Gasteiger partial charge in [-0.05, 0) is 19.4 Å². The van der Waals surface area contributed by atoms with Crippen molar-refractivity contribution in [1.29, 1.82) is 0 Å². The van der Waals surface area contributed by atoms with Gasteiger partial charge in [-0.1, -0.05) is 52.4 Å². The van der Waals surface area contributed by atoms with Gasteiger partial charge in [0.15, 0.2) is 0 Å².